The molecule has 2 aromatic rings. The number of carboxylic acid groups (broad SMARTS) is 1. The van der Waals surface area contributed by atoms with E-state index in [0.29, 0.717) is 10.0 Å². The zero-order valence-corrected chi connectivity index (χ0v) is 12.6. The number of halogens is 1. The van der Waals surface area contributed by atoms with Crippen molar-refractivity contribution >= 4 is 31.7 Å². The topological polar surface area (TPSA) is 84.3 Å². The molecular formula is C13H10BrNO4S. The summed E-state index contributed by atoms with van der Waals surface area (Å²) in [6, 6.07) is 7.19. The number of nitrogens with zero attached hydrogens (tertiary/aromatic N) is 1. The third-order valence-electron chi connectivity index (χ3n) is 2.57. The molecule has 0 bridgehead atoms. The molecule has 0 aliphatic rings. The fourth-order valence-electron chi connectivity index (χ4n) is 1.75. The summed E-state index contributed by atoms with van der Waals surface area (Å²) in [6.45, 7) is 0. The molecule has 0 radical (unpaired) electrons. The van der Waals surface area contributed by atoms with E-state index >= 15 is 0 Å². The Morgan fingerprint density at radius 3 is 2.60 bits per heavy atom. The maximum atomic E-state index is 12.3. The Morgan fingerprint density at radius 1 is 1.25 bits per heavy atom. The monoisotopic (exact) mass is 355 g/mol. The van der Waals surface area contributed by atoms with Gasteiger partial charge >= 0.3 is 5.97 Å². The first-order chi connectivity index (χ1) is 9.40. The fourth-order valence-corrected chi connectivity index (χ4v) is 3.69. The number of rotatable bonds is 4. The molecule has 0 spiro atoms. The largest absolute Gasteiger partial charge is 0.478 e. The molecule has 1 aromatic heterocycles. The van der Waals surface area contributed by atoms with Crippen molar-refractivity contribution in [2.24, 2.45) is 0 Å². The third kappa shape index (κ3) is 3.23. The molecule has 0 amide bonds. The second-order valence-corrected chi connectivity index (χ2v) is 6.95. The van der Waals surface area contributed by atoms with Crippen LogP contribution in [0.25, 0.3) is 0 Å². The van der Waals surface area contributed by atoms with E-state index < -0.39 is 15.8 Å². The minimum absolute atomic E-state index is 0.188. The van der Waals surface area contributed by atoms with Gasteiger partial charge in [0.15, 0.2) is 9.84 Å². The zero-order valence-electron chi connectivity index (χ0n) is 10.2. The SMILES string of the molecule is O=C(O)c1ccccc1S(=O)(=O)Cc1cncc(Br)c1. The molecule has 0 saturated heterocycles. The van der Waals surface area contributed by atoms with Gasteiger partial charge in [-0.05, 0) is 39.7 Å². The van der Waals surface area contributed by atoms with Crippen LogP contribution >= 0.6 is 15.9 Å². The number of aromatic nitrogens is 1. The molecule has 1 aromatic carbocycles. The number of pyridine rings is 1. The van der Waals surface area contributed by atoms with E-state index in [-0.39, 0.29) is 16.2 Å². The summed E-state index contributed by atoms with van der Waals surface area (Å²) >= 11 is 3.21. The maximum absolute atomic E-state index is 12.3. The van der Waals surface area contributed by atoms with E-state index in [1.165, 1.54) is 30.5 Å². The highest BCUT2D eigenvalue weighted by Crippen LogP contribution is 2.21. The van der Waals surface area contributed by atoms with Crippen LogP contribution in [0.4, 0.5) is 0 Å². The Bertz CT molecular complexity index is 758. The van der Waals surface area contributed by atoms with Gasteiger partial charge < -0.3 is 5.11 Å². The van der Waals surface area contributed by atoms with Crippen LogP contribution in [-0.2, 0) is 15.6 Å². The van der Waals surface area contributed by atoms with Gasteiger partial charge in [0.05, 0.1) is 16.2 Å². The minimum atomic E-state index is -3.75. The normalized spacial score (nSPS) is 11.2. The van der Waals surface area contributed by atoms with Crippen LogP contribution in [0.1, 0.15) is 15.9 Å². The third-order valence-corrected chi connectivity index (χ3v) is 4.74. The van der Waals surface area contributed by atoms with E-state index in [1.807, 2.05) is 0 Å². The summed E-state index contributed by atoms with van der Waals surface area (Å²) in [7, 11) is -3.75. The molecule has 1 N–H and O–H groups in total. The molecule has 0 fully saturated rings. The number of benzene rings is 1. The molecule has 2 rings (SSSR count). The molecule has 0 unspecified atom stereocenters. The molecule has 1 heterocycles. The lowest BCUT2D eigenvalue weighted by atomic mass is 10.2. The fraction of sp³-hybridized carbons (Fsp3) is 0.0769. The van der Waals surface area contributed by atoms with Crippen molar-refractivity contribution in [2.45, 2.75) is 10.6 Å². The lowest BCUT2D eigenvalue weighted by Crippen LogP contribution is -2.11. The standard InChI is InChI=1S/C13H10BrNO4S/c14-10-5-9(6-15-7-10)8-20(18,19)12-4-2-1-3-11(12)13(16)17/h1-7H,8H2,(H,16,17). The van der Waals surface area contributed by atoms with E-state index in [0.717, 1.165) is 0 Å². The van der Waals surface area contributed by atoms with Crippen LogP contribution in [0.5, 0.6) is 0 Å². The van der Waals surface area contributed by atoms with Crippen LogP contribution in [0.15, 0.2) is 52.1 Å². The predicted octanol–water partition coefficient (Wildman–Crippen LogP) is 2.52. The molecule has 7 heteroatoms. The molecule has 104 valence electrons. The lowest BCUT2D eigenvalue weighted by molar-refractivity contribution is 0.0692. The highest BCUT2D eigenvalue weighted by Gasteiger charge is 2.22. The Balaban J connectivity index is 2.44. The summed E-state index contributed by atoms with van der Waals surface area (Å²) in [5.41, 5.74) is 0.259. The average Bonchev–Trinajstić information content (AvgIpc) is 2.38. The van der Waals surface area contributed by atoms with Gasteiger partial charge in [0.25, 0.3) is 0 Å². The molecule has 20 heavy (non-hydrogen) atoms. The van der Waals surface area contributed by atoms with Crippen LogP contribution in [0.2, 0.25) is 0 Å². The minimum Gasteiger partial charge on any atom is -0.478 e. The van der Waals surface area contributed by atoms with E-state index in [1.54, 1.807) is 12.3 Å². The van der Waals surface area contributed by atoms with Crippen LogP contribution in [0, 0.1) is 0 Å². The smallest absolute Gasteiger partial charge is 0.337 e. The zero-order chi connectivity index (χ0) is 14.8. The van der Waals surface area contributed by atoms with Crippen molar-refractivity contribution in [1.29, 1.82) is 0 Å². The van der Waals surface area contributed by atoms with Gasteiger partial charge in [-0.15, -0.1) is 0 Å². The average molecular weight is 356 g/mol. The summed E-state index contributed by atoms with van der Waals surface area (Å²) in [6.07, 6.45) is 2.98. The number of carboxylic acids is 1. The second-order valence-electron chi connectivity index (χ2n) is 4.07. The molecule has 0 saturated carbocycles. The van der Waals surface area contributed by atoms with Crippen molar-refractivity contribution in [3.63, 3.8) is 0 Å². The maximum Gasteiger partial charge on any atom is 0.337 e. The van der Waals surface area contributed by atoms with Gasteiger partial charge in [-0.25, -0.2) is 13.2 Å². The highest BCUT2D eigenvalue weighted by molar-refractivity contribution is 9.10. The van der Waals surface area contributed by atoms with Crippen LogP contribution in [-0.4, -0.2) is 24.5 Å². The Kier molecular flexibility index (Phi) is 4.20. The first-order valence-electron chi connectivity index (χ1n) is 5.54. The van der Waals surface area contributed by atoms with E-state index in [9.17, 15) is 13.2 Å². The number of aromatic carboxylic acids is 1. The summed E-state index contributed by atoms with van der Waals surface area (Å²) < 4.78 is 25.3. The van der Waals surface area contributed by atoms with Gasteiger partial charge in [-0.3, -0.25) is 4.98 Å². The first-order valence-corrected chi connectivity index (χ1v) is 7.99. The van der Waals surface area contributed by atoms with Crippen molar-refractivity contribution in [3.8, 4) is 0 Å². The van der Waals surface area contributed by atoms with E-state index in [2.05, 4.69) is 20.9 Å². The molecular weight excluding hydrogens is 346 g/mol. The second kappa shape index (κ2) is 5.72. The Labute approximate surface area is 124 Å². The van der Waals surface area contributed by atoms with Gasteiger partial charge in [0.2, 0.25) is 0 Å². The van der Waals surface area contributed by atoms with Crippen molar-refractivity contribution in [2.75, 3.05) is 0 Å². The van der Waals surface area contributed by atoms with Gasteiger partial charge in [0, 0.05) is 16.9 Å². The predicted molar refractivity (Wildman–Crippen MR) is 76.2 cm³/mol. The lowest BCUT2D eigenvalue weighted by Gasteiger charge is -2.07. The summed E-state index contributed by atoms with van der Waals surface area (Å²) in [4.78, 5) is 14.8. The molecule has 0 atom stereocenters. The highest BCUT2D eigenvalue weighted by atomic mass is 79.9. The van der Waals surface area contributed by atoms with Crippen molar-refractivity contribution in [1.82, 2.24) is 4.98 Å². The molecule has 5 nitrogen and oxygen atoms in total. The first kappa shape index (κ1) is 14.7. The number of hydrogen-bond donors (Lipinski definition) is 1. The van der Waals surface area contributed by atoms with Gasteiger partial charge in [-0.1, -0.05) is 12.1 Å². The number of carbonyl (C=O) groups is 1. The molecule has 0 aliphatic heterocycles. The quantitative estimate of drug-likeness (QED) is 0.910. The van der Waals surface area contributed by atoms with Crippen LogP contribution in [0.3, 0.4) is 0 Å². The van der Waals surface area contributed by atoms with Gasteiger partial charge in [-0.2, -0.15) is 0 Å². The van der Waals surface area contributed by atoms with Crippen molar-refractivity contribution in [3.05, 3.63) is 58.3 Å². The number of sulfone groups is 1. The summed E-state index contributed by atoms with van der Waals surface area (Å²) in [5.74, 6) is -1.57. The van der Waals surface area contributed by atoms with E-state index in [4.69, 9.17) is 5.11 Å². The Morgan fingerprint density at radius 2 is 1.95 bits per heavy atom. The Hall–Kier alpha value is -1.73. The van der Waals surface area contributed by atoms with Gasteiger partial charge in [0.1, 0.15) is 0 Å². The number of hydrogen-bond acceptors (Lipinski definition) is 4. The van der Waals surface area contributed by atoms with Crippen LogP contribution < -0.4 is 0 Å². The summed E-state index contributed by atoms with van der Waals surface area (Å²) in [5, 5.41) is 9.05. The molecule has 0 aliphatic carbocycles. The van der Waals surface area contributed by atoms with Crippen molar-refractivity contribution < 1.29 is 18.3 Å².